The van der Waals surface area contributed by atoms with E-state index in [1.54, 1.807) is 6.08 Å². The number of benzene rings is 2. The van der Waals surface area contributed by atoms with Gasteiger partial charge in [-0.1, -0.05) is 36.8 Å². The lowest BCUT2D eigenvalue weighted by Crippen LogP contribution is -2.55. The maximum Gasteiger partial charge on any atom is 0.247 e. The summed E-state index contributed by atoms with van der Waals surface area (Å²) in [6.45, 7) is 0.361. The Hall–Kier alpha value is -2.89. The maximum atomic E-state index is 14.2. The van der Waals surface area contributed by atoms with E-state index in [4.69, 9.17) is 4.74 Å². The largest absolute Gasteiger partial charge is 0.482 e. The van der Waals surface area contributed by atoms with Crippen molar-refractivity contribution in [2.45, 2.75) is 63.2 Å². The molecule has 0 radical (unpaired) electrons. The molecule has 2 amide bonds. The van der Waals surface area contributed by atoms with Gasteiger partial charge in [-0.3, -0.25) is 9.59 Å². The van der Waals surface area contributed by atoms with Gasteiger partial charge in [0.1, 0.15) is 18.0 Å². The first kappa shape index (κ1) is 30.1. The molecule has 6 rings (SSSR count). The number of rotatable bonds is 11. The van der Waals surface area contributed by atoms with Crippen molar-refractivity contribution in [3.05, 3.63) is 75.5 Å². The predicted octanol–water partition coefficient (Wildman–Crippen LogP) is 4.59. The molecule has 2 bridgehead atoms. The van der Waals surface area contributed by atoms with Crippen LogP contribution in [0, 0.1) is 21.3 Å². The maximum absolute atomic E-state index is 14.2. The molecular weight excluding hydrogens is 657 g/mol. The number of nitrogens with zero attached hydrogens (tertiary/aromatic N) is 1. The second-order valence-electron chi connectivity index (χ2n) is 12.3. The zero-order valence-corrected chi connectivity index (χ0v) is 26.4. The lowest BCUT2D eigenvalue weighted by atomic mass is 9.84. The van der Waals surface area contributed by atoms with E-state index in [2.05, 4.69) is 45.0 Å². The normalized spacial score (nSPS) is 26.3. The molecule has 3 aromatic rings. The minimum Gasteiger partial charge on any atom is -0.482 e. The molecule has 9 heteroatoms. The smallest absolute Gasteiger partial charge is 0.247 e. The van der Waals surface area contributed by atoms with E-state index in [1.807, 2.05) is 47.4 Å². The molecule has 2 aromatic carbocycles. The fourth-order valence-electron chi connectivity index (χ4n) is 7.42. The monoisotopic (exact) mass is 697 g/mol. The molecule has 0 spiro atoms. The number of halogens is 1. The number of aromatic amines is 1. The number of aliphatic hydroxyl groups excluding tert-OH is 2. The van der Waals surface area contributed by atoms with Gasteiger partial charge in [-0.2, -0.15) is 0 Å². The summed E-state index contributed by atoms with van der Waals surface area (Å²) < 4.78 is 7.20. The van der Waals surface area contributed by atoms with E-state index >= 15 is 0 Å². The first-order chi connectivity index (χ1) is 20.9. The van der Waals surface area contributed by atoms with Crippen LogP contribution in [0.25, 0.3) is 10.9 Å². The van der Waals surface area contributed by atoms with Crippen molar-refractivity contribution < 1.29 is 24.5 Å². The molecule has 43 heavy (non-hydrogen) atoms. The molecule has 3 aliphatic rings. The van der Waals surface area contributed by atoms with Crippen LogP contribution in [0.4, 0.5) is 0 Å². The summed E-state index contributed by atoms with van der Waals surface area (Å²) in [6, 6.07) is 17.1. The molecule has 2 saturated carbocycles. The Kier molecular flexibility index (Phi) is 9.39. The Balaban J connectivity index is 1.28. The number of carbonyl (C=O) groups is 2. The third-order valence-electron chi connectivity index (χ3n) is 9.56. The highest BCUT2D eigenvalue weighted by Gasteiger charge is 2.44. The Labute approximate surface area is 266 Å². The molecular formula is C34H40IN3O5. The van der Waals surface area contributed by atoms with Gasteiger partial charge in [-0.25, -0.2) is 0 Å². The van der Waals surface area contributed by atoms with Crippen LogP contribution in [-0.4, -0.2) is 69.9 Å². The molecule has 1 heterocycles. The molecule has 2 fully saturated rings. The van der Waals surface area contributed by atoms with Crippen molar-refractivity contribution in [1.29, 1.82) is 0 Å². The lowest BCUT2D eigenvalue weighted by Gasteiger charge is -2.41. The van der Waals surface area contributed by atoms with Crippen molar-refractivity contribution >= 4 is 45.3 Å². The second kappa shape index (κ2) is 13.4. The average Bonchev–Trinajstić information content (AvgIpc) is 3.74. The van der Waals surface area contributed by atoms with Gasteiger partial charge in [0.15, 0.2) is 0 Å². The van der Waals surface area contributed by atoms with Gasteiger partial charge in [0.25, 0.3) is 0 Å². The van der Waals surface area contributed by atoms with Gasteiger partial charge in [0.2, 0.25) is 11.8 Å². The Morgan fingerprint density at radius 1 is 1.09 bits per heavy atom. The van der Waals surface area contributed by atoms with Gasteiger partial charge >= 0.3 is 0 Å². The van der Waals surface area contributed by atoms with Crippen LogP contribution in [0.1, 0.15) is 44.2 Å². The third-order valence-corrected chi connectivity index (χ3v) is 10.5. The summed E-state index contributed by atoms with van der Waals surface area (Å²) in [7, 11) is 0. The van der Waals surface area contributed by atoms with Crippen molar-refractivity contribution in [2.75, 3.05) is 19.7 Å². The Morgan fingerprint density at radius 2 is 1.91 bits per heavy atom. The molecule has 1 aromatic heterocycles. The number of hydrogen-bond acceptors (Lipinski definition) is 5. The van der Waals surface area contributed by atoms with E-state index < -0.39 is 18.2 Å². The first-order valence-electron chi connectivity index (χ1n) is 15.4. The SMILES string of the molecule is O=C(NCCO)C1=C[C@H](Oc2ccccc2I)[C@@H](O)[C@H](N(CCc2cc3ccccc3[nH]2)C(=O)CC2CC3CCC2C3)C1. The van der Waals surface area contributed by atoms with Gasteiger partial charge in [-0.05, 0) is 95.3 Å². The molecule has 0 saturated heterocycles. The van der Waals surface area contributed by atoms with E-state index in [-0.39, 0.29) is 31.4 Å². The number of aliphatic hydroxyl groups is 2. The fraction of sp³-hybridized carbons (Fsp3) is 0.471. The minimum atomic E-state index is -1.03. The number of fused-ring (bicyclic) bond motifs is 3. The van der Waals surface area contributed by atoms with Gasteiger partial charge in [0, 0.05) is 49.1 Å². The molecule has 4 N–H and O–H groups in total. The van der Waals surface area contributed by atoms with Crippen LogP contribution in [0.2, 0.25) is 0 Å². The van der Waals surface area contributed by atoms with Crippen LogP contribution in [-0.2, 0) is 16.0 Å². The summed E-state index contributed by atoms with van der Waals surface area (Å²) in [4.78, 5) is 32.7. The first-order valence-corrected chi connectivity index (χ1v) is 16.5. The van der Waals surface area contributed by atoms with Crippen LogP contribution in [0.5, 0.6) is 5.75 Å². The zero-order valence-electron chi connectivity index (χ0n) is 24.3. The second-order valence-corrected chi connectivity index (χ2v) is 13.5. The summed E-state index contributed by atoms with van der Waals surface area (Å²) >= 11 is 2.19. The van der Waals surface area contributed by atoms with Crippen LogP contribution >= 0.6 is 22.6 Å². The third kappa shape index (κ3) is 6.78. The zero-order chi connectivity index (χ0) is 29.9. The van der Waals surface area contributed by atoms with E-state index in [0.717, 1.165) is 32.5 Å². The van der Waals surface area contributed by atoms with E-state index in [1.165, 1.54) is 19.3 Å². The number of ether oxygens (including phenoxy) is 1. The quantitative estimate of drug-likeness (QED) is 0.219. The molecule has 6 atom stereocenters. The number of H-pyrrole nitrogens is 1. The minimum absolute atomic E-state index is 0.0303. The van der Waals surface area contributed by atoms with Crippen LogP contribution in [0.15, 0.2) is 66.2 Å². The predicted molar refractivity (Wildman–Crippen MR) is 173 cm³/mol. The van der Waals surface area contributed by atoms with Crippen molar-refractivity contribution in [1.82, 2.24) is 15.2 Å². The molecule has 3 aliphatic carbocycles. The van der Waals surface area contributed by atoms with Crippen molar-refractivity contribution in [3.63, 3.8) is 0 Å². The van der Waals surface area contributed by atoms with E-state index in [0.29, 0.717) is 42.5 Å². The highest BCUT2D eigenvalue weighted by atomic mass is 127. The standard InChI is InChI=1S/C34H40IN3O5/c35-27-6-2-4-8-30(27)43-31-19-25(34(42)36-12-14-39)18-29(33(31)41)38(32(40)20-24-16-21-9-10-22(24)15-21)13-11-26-17-23-5-1-3-7-28(23)37-26/h1-8,17,19,21-22,24,29,31,33,37,39,41H,9-16,18,20H2,(H,36,42)/t21?,22?,24?,29-,31+,33+/m1/s1. The highest BCUT2D eigenvalue weighted by Crippen LogP contribution is 2.49. The molecule has 3 unspecified atom stereocenters. The number of hydrogen-bond donors (Lipinski definition) is 4. The van der Waals surface area contributed by atoms with Crippen LogP contribution in [0.3, 0.4) is 0 Å². The summed E-state index contributed by atoms with van der Waals surface area (Å²) in [6.07, 6.45) is 5.89. The van der Waals surface area contributed by atoms with Gasteiger partial charge in [0.05, 0.1) is 16.2 Å². The van der Waals surface area contributed by atoms with E-state index in [9.17, 15) is 19.8 Å². The van der Waals surface area contributed by atoms with Gasteiger partial charge < -0.3 is 30.2 Å². The number of carbonyl (C=O) groups excluding carboxylic acids is 2. The molecule has 228 valence electrons. The van der Waals surface area contributed by atoms with Gasteiger partial charge in [-0.15, -0.1) is 0 Å². The number of amides is 2. The van der Waals surface area contributed by atoms with Crippen molar-refractivity contribution in [2.24, 2.45) is 17.8 Å². The Morgan fingerprint density at radius 3 is 2.65 bits per heavy atom. The summed E-state index contributed by atoms with van der Waals surface area (Å²) in [5.41, 5.74) is 2.52. The number of para-hydroxylation sites is 2. The average molecular weight is 698 g/mol. The van der Waals surface area contributed by atoms with Crippen molar-refractivity contribution in [3.8, 4) is 5.75 Å². The summed E-state index contributed by atoms with van der Waals surface area (Å²) in [5.74, 6) is 2.04. The molecule has 0 aliphatic heterocycles. The fourth-order valence-corrected chi connectivity index (χ4v) is 7.93. The molecule has 8 nitrogen and oxygen atoms in total. The lowest BCUT2D eigenvalue weighted by molar-refractivity contribution is -0.140. The topological polar surface area (TPSA) is 115 Å². The number of aromatic nitrogens is 1. The number of nitrogens with one attached hydrogen (secondary N) is 2. The summed E-state index contributed by atoms with van der Waals surface area (Å²) in [5, 5.41) is 25.0. The van der Waals surface area contributed by atoms with Crippen LogP contribution < -0.4 is 10.1 Å². The highest BCUT2D eigenvalue weighted by molar-refractivity contribution is 14.1. The Bertz CT molecular complexity index is 1450.